The van der Waals surface area contributed by atoms with Crippen LogP contribution in [0, 0.1) is 29.4 Å². The summed E-state index contributed by atoms with van der Waals surface area (Å²) in [6.07, 6.45) is 10.6. The van der Waals surface area contributed by atoms with Gasteiger partial charge >= 0.3 is 0 Å². The summed E-state index contributed by atoms with van der Waals surface area (Å²) >= 11 is 0. The molecule has 0 saturated heterocycles. The van der Waals surface area contributed by atoms with Crippen LogP contribution in [-0.2, 0) is 6.42 Å². The van der Waals surface area contributed by atoms with E-state index in [9.17, 15) is 8.78 Å². The van der Waals surface area contributed by atoms with E-state index in [2.05, 4.69) is 13.5 Å². The van der Waals surface area contributed by atoms with E-state index in [1.54, 1.807) is 12.1 Å². The third kappa shape index (κ3) is 3.68. The maximum atomic E-state index is 14.9. The van der Waals surface area contributed by atoms with E-state index in [1.165, 1.54) is 32.1 Å². The summed E-state index contributed by atoms with van der Waals surface area (Å²) in [5.41, 5.74) is 1.64. The summed E-state index contributed by atoms with van der Waals surface area (Å²) in [6.45, 7) is 6.06. The second-order valence-corrected chi connectivity index (χ2v) is 8.92. The average molecular weight is 369 g/mol. The van der Waals surface area contributed by atoms with Crippen LogP contribution in [0.3, 0.4) is 0 Å². The Hall–Kier alpha value is -1.70. The Morgan fingerprint density at radius 1 is 1.04 bits per heavy atom. The van der Waals surface area contributed by atoms with Crippen LogP contribution in [0.25, 0.3) is 10.8 Å². The maximum Gasteiger partial charge on any atom is 0.137 e. The van der Waals surface area contributed by atoms with Gasteiger partial charge in [-0.05, 0) is 91.2 Å². The van der Waals surface area contributed by atoms with E-state index in [0.717, 1.165) is 29.7 Å². The quantitative estimate of drug-likeness (QED) is 0.489. The fourth-order valence-electron chi connectivity index (χ4n) is 5.55. The zero-order chi connectivity index (χ0) is 19.0. The standard InChI is InChI=1S/C25H30F2/c1-3-4-5-17-8-11-21-14-22(15-23(26)24(21)25(17)27)20-10-9-18-12-16(2)6-7-19(18)13-20/h3,8,11,14-16,18-20H,1,4-7,9-10,12-13H2,2H3/t16?,18-,19?,20-/m1/s1. The van der Waals surface area contributed by atoms with Gasteiger partial charge in [-0.1, -0.05) is 37.6 Å². The molecule has 144 valence electrons. The predicted molar refractivity (Wildman–Crippen MR) is 109 cm³/mol. The Balaban J connectivity index is 1.61. The summed E-state index contributed by atoms with van der Waals surface area (Å²) in [7, 11) is 0. The molecule has 4 atom stereocenters. The van der Waals surface area contributed by atoms with Crippen LogP contribution in [0.5, 0.6) is 0 Å². The van der Waals surface area contributed by atoms with E-state index in [0.29, 0.717) is 29.7 Å². The number of fused-ring (bicyclic) bond motifs is 2. The second-order valence-electron chi connectivity index (χ2n) is 8.92. The topological polar surface area (TPSA) is 0 Å². The number of hydrogen-bond donors (Lipinski definition) is 0. The monoisotopic (exact) mass is 368 g/mol. The molecule has 0 heterocycles. The molecule has 2 saturated carbocycles. The minimum absolute atomic E-state index is 0.153. The fraction of sp³-hybridized carbons (Fsp3) is 0.520. The summed E-state index contributed by atoms with van der Waals surface area (Å²) in [6, 6.07) is 7.34. The largest absolute Gasteiger partial charge is 0.206 e. The number of hydrogen-bond acceptors (Lipinski definition) is 0. The lowest BCUT2D eigenvalue weighted by Gasteiger charge is -2.41. The minimum Gasteiger partial charge on any atom is -0.206 e. The predicted octanol–water partition coefficient (Wildman–Crippen LogP) is 7.56. The summed E-state index contributed by atoms with van der Waals surface area (Å²) in [5, 5.41) is 0.852. The second kappa shape index (κ2) is 7.73. The first-order valence-electron chi connectivity index (χ1n) is 10.6. The molecular weight excluding hydrogens is 338 g/mol. The van der Waals surface area contributed by atoms with Gasteiger partial charge in [0.25, 0.3) is 0 Å². The molecule has 2 aliphatic carbocycles. The van der Waals surface area contributed by atoms with Crippen molar-refractivity contribution in [1.82, 2.24) is 0 Å². The van der Waals surface area contributed by atoms with Crippen LogP contribution in [0.4, 0.5) is 8.78 Å². The van der Waals surface area contributed by atoms with Crippen molar-refractivity contribution in [2.45, 2.75) is 64.2 Å². The van der Waals surface area contributed by atoms with E-state index in [-0.39, 0.29) is 5.39 Å². The Kier molecular flexibility index (Phi) is 5.34. The van der Waals surface area contributed by atoms with Crippen LogP contribution < -0.4 is 0 Å². The van der Waals surface area contributed by atoms with Gasteiger partial charge in [0, 0.05) is 0 Å². The Morgan fingerprint density at radius 2 is 1.81 bits per heavy atom. The SMILES string of the molecule is C=CCCc1ccc2cc([C@@H]3CC[C@@H]4CC(C)CCC4C3)cc(F)c2c1F. The molecule has 2 aromatic carbocycles. The zero-order valence-corrected chi connectivity index (χ0v) is 16.3. The number of rotatable bonds is 4. The summed E-state index contributed by atoms with van der Waals surface area (Å²) in [5.74, 6) is 2.13. The highest BCUT2D eigenvalue weighted by molar-refractivity contribution is 5.85. The van der Waals surface area contributed by atoms with Gasteiger partial charge < -0.3 is 0 Å². The minimum atomic E-state index is -0.403. The molecule has 4 rings (SSSR count). The lowest BCUT2D eigenvalue weighted by molar-refractivity contribution is 0.124. The highest BCUT2D eigenvalue weighted by Crippen LogP contribution is 2.48. The van der Waals surface area contributed by atoms with Crippen molar-refractivity contribution < 1.29 is 8.78 Å². The first-order chi connectivity index (χ1) is 13.1. The van der Waals surface area contributed by atoms with E-state index >= 15 is 0 Å². The fourth-order valence-corrected chi connectivity index (χ4v) is 5.55. The molecule has 0 radical (unpaired) electrons. The molecule has 0 nitrogen and oxygen atoms in total. The van der Waals surface area contributed by atoms with E-state index < -0.39 is 11.6 Å². The first kappa shape index (κ1) is 18.7. The van der Waals surface area contributed by atoms with Crippen molar-refractivity contribution in [1.29, 1.82) is 0 Å². The summed E-state index contributed by atoms with van der Waals surface area (Å²) in [4.78, 5) is 0. The third-order valence-electron chi connectivity index (χ3n) is 7.07. The van der Waals surface area contributed by atoms with Crippen molar-refractivity contribution in [3.63, 3.8) is 0 Å². The molecular formula is C25H30F2. The average Bonchev–Trinajstić information content (AvgIpc) is 2.66. The first-order valence-corrected chi connectivity index (χ1v) is 10.6. The van der Waals surface area contributed by atoms with Gasteiger partial charge in [0.05, 0.1) is 5.39 Å². The zero-order valence-electron chi connectivity index (χ0n) is 16.3. The van der Waals surface area contributed by atoms with Crippen LogP contribution in [-0.4, -0.2) is 0 Å². The van der Waals surface area contributed by atoms with Crippen molar-refractivity contribution in [2.24, 2.45) is 17.8 Å². The molecule has 2 aromatic rings. The van der Waals surface area contributed by atoms with Crippen LogP contribution in [0.15, 0.2) is 36.9 Å². The molecule has 2 unspecified atom stereocenters. The van der Waals surface area contributed by atoms with Gasteiger partial charge in [-0.2, -0.15) is 0 Å². The van der Waals surface area contributed by atoms with Crippen LogP contribution in [0.1, 0.15) is 68.9 Å². The molecule has 0 aliphatic heterocycles. The number of aryl methyl sites for hydroxylation is 1. The van der Waals surface area contributed by atoms with Crippen LogP contribution in [0.2, 0.25) is 0 Å². The Bertz CT molecular complexity index is 838. The normalized spacial score (nSPS) is 28.1. The van der Waals surface area contributed by atoms with Gasteiger partial charge in [0.2, 0.25) is 0 Å². The van der Waals surface area contributed by atoms with E-state index in [1.807, 2.05) is 18.2 Å². The molecule has 0 bridgehead atoms. The molecule has 2 aliphatic rings. The maximum absolute atomic E-state index is 14.9. The molecule has 0 spiro atoms. The number of allylic oxidation sites excluding steroid dienone is 1. The smallest absolute Gasteiger partial charge is 0.137 e. The Labute approximate surface area is 161 Å². The van der Waals surface area contributed by atoms with Gasteiger partial charge in [0.15, 0.2) is 0 Å². The van der Waals surface area contributed by atoms with Gasteiger partial charge in [-0.3, -0.25) is 0 Å². The molecule has 0 N–H and O–H groups in total. The highest BCUT2D eigenvalue weighted by Gasteiger charge is 2.35. The van der Waals surface area contributed by atoms with Gasteiger partial charge in [-0.15, -0.1) is 6.58 Å². The summed E-state index contributed by atoms with van der Waals surface area (Å²) < 4.78 is 29.7. The van der Waals surface area contributed by atoms with E-state index in [4.69, 9.17) is 0 Å². The van der Waals surface area contributed by atoms with Crippen molar-refractivity contribution in [3.05, 3.63) is 59.7 Å². The van der Waals surface area contributed by atoms with Crippen molar-refractivity contribution >= 4 is 10.8 Å². The molecule has 0 aromatic heterocycles. The molecule has 2 fully saturated rings. The van der Waals surface area contributed by atoms with Gasteiger partial charge in [0.1, 0.15) is 11.6 Å². The van der Waals surface area contributed by atoms with Crippen LogP contribution >= 0.6 is 0 Å². The highest BCUT2D eigenvalue weighted by atomic mass is 19.1. The van der Waals surface area contributed by atoms with Crippen molar-refractivity contribution in [2.75, 3.05) is 0 Å². The Morgan fingerprint density at radius 3 is 2.63 bits per heavy atom. The molecule has 0 amide bonds. The lowest BCUT2D eigenvalue weighted by Crippen LogP contribution is -2.29. The van der Waals surface area contributed by atoms with Crippen molar-refractivity contribution in [3.8, 4) is 0 Å². The number of benzene rings is 2. The third-order valence-corrected chi connectivity index (χ3v) is 7.07. The lowest BCUT2D eigenvalue weighted by atomic mass is 9.64. The molecule has 27 heavy (non-hydrogen) atoms. The number of halogens is 2. The van der Waals surface area contributed by atoms with Gasteiger partial charge in [-0.25, -0.2) is 8.78 Å². The molecule has 2 heteroatoms.